The normalized spacial score (nSPS) is 20.0. The van der Waals surface area contributed by atoms with Crippen LogP contribution in [-0.4, -0.2) is 41.3 Å². The summed E-state index contributed by atoms with van der Waals surface area (Å²) in [6.45, 7) is 9.01. The number of aromatic nitrogens is 1. The minimum atomic E-state index is -0.253. The summed E-state index contributed by atoms with van der Waals surface area (Å²) in [6.07, 6.45) is 1.28. The van der Waals surface area contributed by atoms with E-state index in [-0.39, 0.29) is 18.3 Å². The number of hydrogen-bond acceptors (Lipinski definition) is 6. The number of benzene rings is 1. The van der Waals surface area contributed by atoms with Crippen LogP contribution in [0.25, 0.3) is 0 Å². The molecule has 0 aliphatic carbocycles. The fraction of sp³-hybridized carbons (Fsp3) is 0.476. The number of amides is 1. The van der Waals surface area contributed by atoms with Gasteiger partial charge in [0.25, 0.3) is 5.91 Å². The van der Waals surface area contributed by atoms with Gasteiger partial charge in [0.2, 0.25) is 0 Å². The second-order valence-electron chi connectivity index (χ2n) is 7.70. The Kier molecular flexibility index (Phi) is 6.80. The van der Waals surface area contributed by atoms with E-state index in [9.17, 15) is 9.59 Å². The predicted octanol–water partition coefficient (Wildman–Crippen LogP) is 3.84. The van der Waals surface area contributed by atoms with E-state index in [1.165, 1.54) is 24.7 Å². The number of Topliss-reactive ketones (excluding diaryl/α,β-unsaturated/α-hetero) is 1. The smallest absolute Gasteiger partial charge is 0.264 e. The highest BCUT2D eigenvalue weighted by molar-refractivity contribution is 7.13. The number of nitrogens with one attached hydrogen (secondary N) is 1. The lowest BCUT2D eigenvalue weighted by atomic mass is 9.92. The number of anilines is 1. The van der Waals surface area contributed by atoms with Crippen molar-refractivity contribution in [3.63, 3.8) is 0 Å². The molecule has 0 saturated carbocycles. The molecule has 1 amide bonds. The van der Waals surface area contributed by atoms with Crippen LogP contribution in [-0.2, 0) is 11.3 Å². The molecule has 7 heteroatoms. The first-order valence-corrected chi connectivity index (χ1v) is 10.5. The molecule has 0 bridgehead atoms. The predicted molar refractivity (Wildman–Crippen MR) is 111 cm³/mol. The van der Waals surface area contributed by atoms with Gasteiger partial charge in [0.1, 0.15) is 5.75 Å². The van der Waals surface area contributed by atoms with Gasteiger partial charge in [-0.25, -0.2) is 4.98 Å². The van der Waals surface area contributed by atoms with Crippen molar-refractivity contribution in [2.24, 2.45) is 11.8 Å². The Hall–Kier alpha value is -2.25. The van der Waals surface area contributed by atoms with E-state index in [0.29, 0.717) is 28.3 Å². The summed E-state index contributed by atoms with van der Waals surface area (Å²) in [7, 11) is 0. The van der Waals surface area contributed by atoms with E-state index in [2.05, 4.69) is 29.0 Å². The van der Waals surface area contributed by atoms with Gasteiger partial charge in [-0.3, -0.25) is 19.8 Å². The highest BCUT2D eigenvalue weighted by Gasteiger charge is 2.22. The maximum atomic E-state index is 12.1. The van der Waals surface area contributed by atoms with Gasteiger partial charge in [-0.1, -0.05) is 13.8 Å². The monoisotopic (exact) mass is 401 g/mol. The Morgan fingerprint density at radius 1 is 1.21 bits per heavy atom. The average Bonchev–Trinajstić information content (AvgIpc) is 3.06. The molecule has 1 saturated heterocycles. The summed E-state index contributed by atoms with van der Waals surface area (Å²) in [5.74, 6) is 1.72. The molecule has 6 nitrogen and oxygen atoms in total. The lowest BCUT2D eigenvalue weighted by Crippen LogP contribution is -2.38. The SMILES string of the molecule is CC(=O)c1ccc(OCC(=O)Nc2nc(CN3C[C@H](C)C[C@@H](C)C3)cs2)cc1. The summed E-state index contributed by atoms with van der Waals surface area (Å²) in [4.78, 5) is 30.4. The molecular formula is C21H27N3O3S. The van der Waals surface area contributed by atoms with Crippen molar-refractivity contribution in [2.75, 3.05) is 25.0 Å². The molecule has 150 valence electrons. The number of nitrogens with zero attached hydrogens (tertiary/aromatic N) is 2. The van der Waals surface area contributed by atoms with Gasteiger partial charge < -0.3 is 4.74 Å². The number of ether oxygens (including phenoxy) is 1. The Morgan fingerprint density at radius 2 is 1.89 bits per heavy atom. The van der Waals surface area contributed by atoms with E-state index in [4.69, 9.17) is 4.74 Å². The molecule has 0 spiro atoms. The third kappa shape index (κ3) is 5.87. The fourth-order valence-electron chi connectivity index (χ4n) is 3.68. The summed E-state index contributed by atoms with van der Waals surface area (Å²) in [5.41, 5.74) is 1.60. The van der Waals surface area contributed by atoms with Gasteiger partial charge in [0.15, 0.2) is 17.5 Å². The van der Waals surface area contributed by atoms with Crippen LogP contribution in [0.15, 0.2) is 29.6 Å². The molecule has 1 aromatic carbocycles. The summed E-state index contributed by atoms with van der Waals surface area (Å²) < 4.78 is 5.47. The zero-order chi connectivity index (χ0) is 20.1. The number of rotatable bonds is 7. The van der Waals surface area contributed by atoms with Crippen LogP contribution < -0.4 is 10.1 Å². The van der Waals surface area contributed by atoms with Gasteiger partial charge in [0, 0.05) is 30.6 Å². The molecule has 1 N–H and O–H groups in total. The van der Waals surface area contributed by atoms with Crippen LogP contribution in [0, 0.1) is 11.8 Å². The number of piperidine rings is 1. The minimum absolute atomic E-state index is 0.00247. The minimum Gasteiger partial charge on any atom is -0.484 e. The number of carbonyl (C=O) groups is 2. The first-order valence-electron chi connectivity index (χ1n) is 9.59. The molecule has 3 rings (SSSR count). The fourth-order valence-corrected chi connectivity index (χ4v) is 4.39. The maximum Gasteiger partial charge on any atom is 0.264 e. The van der Waals surface area contributed by atoms with Crippen molar-refractivity contribution in [3.05, 3.63) is 40.9 Å². The van der Waals surface area contributed by atoms with Gasteiger partial charge in [-0.15, -0.1) is 11.3 Å². The van der Waals surface area contributed by atoms with Crippen LogP contribution in [0.1, 0.15) is 43.2 Å². The summed E-state index contributed by atoms with van der Waals surface area (Å²) >= 11 is 1.43. The van der Waals surface area contributed by atoms with Crippen molar-refractivity contribution < 1.29 is 14.3 Å². The van der Waals surface area contributed by atoms with Gasteiger partial charge in [-0.2, -0.15) is 0 Å². The van der Waals surface area contributed by atoms with Crippen LogP contribution in [0.5, 0.6) is 5.75 Å². The molecular weight excluding hydrogens is 374 g/mol. The zero-order valence-corrected chi connectivity index (χ0v) is 17.4. The van der Waals surface area contributed by atoms with Crippen LogP contribution in [0.2, 0.25) is 0 Å². The maximum absolute atomic E-state index is 12.1. The molecule has 28 heavy (non-hydrogen) atoms. The van der Waals surface area contributed by atoms with E-state index in [1.807, 2.05) is 5.38 Å². The standard InChI is InChI=1S/C21H27N3O3S/c1-14-8-15(2)10-24(9-14)11-18-13-28-21(22-18)23-20(26)12-27-19-6-4-17(5-7-19)16(3)25/h4-7,13-15H,8-12H2,1-3H3,(H,22,23,26)/t14-,15-/m1/s1. The molecule has 2 aromatic rings. The van der Waals surface area contributed by atoms with Gasteiger partial charge in [0.05, 0.1) is 5.69 Å². The number of carbonyl (C=O) groups excluding carboxylic acids is 2. The highest BCUT2D eigenvalue weighted by Crippen LogP contribution is 2.24. The van der Waals surface area contributed by atoms with Crippen molar-refractivity contribution in [1.82, 2.24) is 9.88 Å². The largest absolute Gasteiger partial charge is 0.484 e. The molecule has 0 unspecified atom stereocenters. The van der Waals surface area contributed by atoms with E-state index in [1.54, 1.807) is 24.3 Å². The van der Waals surface area contributed by atoms with Gasteiger partial charge in [-0.05, 0) is 49.4 Å². The van der Waals surface area contributed by atoms with Crippen LogP contribution in [0.3, 0.4) is 0 Å². The zero-order valence-electron chi connectivity index (χ0n) is 16.6. The highest BCUT2D eigenvalue weighted by atomic mass is 32.1. The molecule has 1 aliphatic rings. The second-order valence-corrected chi connectivity index (χ2v) is 8.56. The summed E-state index contributed by atoms with van der Waals surface area (Å²) in [6, 6.07) is 6.74. The molecule has 1 aliphatic heterocycles. The van der Waals surface area contributed by atoms with Crippen molar-refractivity contribution in [3.8, 4) is 5.75 Å². The Balaban J connectivity index is 1.46. The molecule has 2 heterocycles. The first kappa shape index (κ1) is 20.5. The number of hydrogen-bond donors (Lipinski definition) is 1. The quantitative estimate of drug-likeness (QED) is 0.714. The molecule has 2 atom stereocenters. The van der Waals surface area contributed by atoms with Crippen molar-refractivity contribution in [2.45, 2.75) is 33.7 Å². The van der Waals surface area contributed by atoms with Crippen LogP contribution in [0.4, 0.5) is 5.13 Å². The third-order valence-corrected chi connectivity index (χ3v) is 5.57. The Bertz CT molecular complexity index is 809. The van der Waals surface area contributed by atoms with Crippen molar-refractivity contribution >= 4 is 28.2 Å². The first-order chi connectivity index (χ1) is 13.4. The molecule has 1 fully saturated rings. The number of ketones is 1. The van der Waals surface area contributed by atoms with E-state index in [0.717, 1.165) is 25.3 Å². The van der Waals surface area contributed by atoms with Gasteiger partial charge >= 0.3 is 0 Å². The third-order valence-electron chi connectivity index (χ3n) is 4.76. The second kappa shape index (κ2) is 9.30. The lowest BCUT2D eigenvalue weighted by Gasteiger charge is -2.34. The average molecular weight is 402 g/mol. The Labute approximate surface area is 169 Å². The van der Waals surface area contributed by atoms with E-state index < -0.39 is 0 Å². The Morgan fingerprint density at radius 3 is 2.54 bits per heavy atom. The number of likely N-dealkylation sites (tertiary alicyclic amines) is 1. The van der Waals surface area contributed by atoms with Crippen molar-refractivity contribution in [1.29, 1.82) is 0 Å². The topological polar surface area (TPSA) is 71.5 Å². The van der Waals surface area contributed by atoms with E-state index >= 15 is 0 Å². The molecule has 0 radical (unpaired) electrons. The summed E-state index contributed by atoms with van der Waals surface area (Å²) in [5, 5.41) is 5.38. The number of thiazole rings is 1. The lowest BCUT2D eigenvalue weighted by molar-refractivity contribution is -0.118. The molecule has 1 aromatic heterocycles. The van der Waals surface area contributed by atoms with Crippen LogP contribution >= 0.6 is 11.3 Å².